The zero-order chi connectivity index (χ0) is 12.3. The highest BCUT2D eigenvalue weighted by Crippen LogP contribution is 2.32. The molecule has 94 valence electrons. The van der Waals surface area contributed by atoms with Crippen LogP contribution in [0.15, 0.2) is 18.3 Å². The van der Waals surface area contributed by atoms with E-state index in [1.807, 2.05) is 25.4 Å². The van der Waals surface area contributed by atoms with Crippen molar-refractivity contribution in [3.8, 4) is 0 Å². The van der Waals surface area contributed by atoms with Crippen molar-refractivity contribution in [3.05, 3.63) is 24.0 Å². The van der Waals surface area contributed by atoms with E-state index in [0.717, 1.165) is 18.7 Å². The molecule has 4 nitrogen and oxygen atoms in total. The molecule has 1 heterocycles. The minimum atomic E-state index is 0.107. The van der Waals surface area contributed by atoms with E-state index >= 15 is 0 Å². The Morgan fingerprint density at radius 1 is 1.59 bits per heavy atom. The average molecular weight is 235 g/mol. The van der Waals surface area contributed by atoms with Crippen LogP contribution in [-0.4, -0.2) is 35.5 Å². The van der Waals surface area contributed by atoms with Crippen molar-refractivity contribution in [2.75, 3.05) is 20.1 Å². The lowest BCUT2D eigenvalue weighted by Crippen LogP contribution is -2.32. The Hall–Kier alpha value is -1.29. The Bertz CT molecular complexity index is 382. The Kier molecular flexibility index (Phi) is 3.84. The fourth-order valence-electron chi connectivity index (χ4n) is 2.18. The number of hydrogen-bond donors (Lipinski definition) is 1. The number of aromatic nitrogens is 1. The van der Waals surface area contributed by atoms with Crippen LogP contribution < -0.4 is 5.73 Å². The molecule has 0 aromatic carbocycles. The summed E-state index contributed by atoms with van der Waals surface area (Å²) in [5.74, 6) is 0.107. The van der Waals surface area contributed by atoms with Gasteiger partial charge in [0.2, 0.25) is 0 Å². The summed E-state index contributed by atoms with van der Waals surface area (Å²) >= 11 is 0. The maximum atomic E-state index is 12.2. The van der Waals surface area contributed by atoms with Crippen molar-refractivity contribution in [3.63, 3.8) is 0 Å². The first-order valence-electron chi connectivity index (χ1n) is 6.36. The van der Waals surface area contributed by atoms with Crippen LogP contribution in [0.3, 0.4) is 0 Å². The maximum Gasteiger partial charge on any atom is 0.270 e. The van der Waals surface area contributed by atoms with Crippen molar-refractivity contribution in [1.82, 2.24) is 9.47 Å². The molecule has 0 spiro atoms. The second kappa shape index (κ2) is 5.36. The highest BCUT2D eigenvalue weighted by atomic mass is 16.2. The number of hydrogen-bond acceptors (Lipinski definition) is 2. The smallest absolute Gasteiger partial charge is 0.270 e. The minimum Gasteiger partial charge on any atom is -0.340 e. The number of carbonyl (C=O) groups excluding carboxylic acids is 1. The van der Waals surface area contributed by atoms with Crippen LogP contribution in [0.5, 0.6) is 0 Å². The molecule has 1 saturated carbocycles. The zero-order valence-electron chi connectivity index (χ0n) is 10.4. The quantitative estimate of drug-likeness (QED) is 0.843. The molecule has 1 amide bonds. The summed E-state index contributed by atoms with van der Waals surface area (Å²) in [5.41, 5.74) is 6.28. The van der Waals surface area contributed by atoms with Gasteiger partial charge < -0.3 is 15.2 Å². The molecule has 4 heteroatoms. The number of nitrogens with two attached hydrogens (primary N) is 1. The third kappa shape index (κ3) is 2.52. The van der Waals surface area contributed by atoms with Crippen LogP contribution in [0, 0.1) is 0 Å². The summed E-state index contributed by atoms with van der Waals surface area (Å²) in [7, 11) is 1.84. The largest absolute Gasteiger partial charge is 0.340 e. The van der Waals surface area contributed by atoms with E-state index in [0.29, 0.717) is 12.6 Å². The first-order valence-corrected chi connectivity index (χ1v) is 6.36. The summed E-state index contributed by atoms with van der Waals surface area (Å²) in [6, 6.07) is 4.41. The van der Waals surface area contributed by atoms with Gasteiger partial charge in [-0.15, -0.1) is 0 Å². The Labute approximate surface area is 102 Å². The van der Waals surface area contributed by atoms with Crippen LogP contribution in [-0.2, 0) is 0 Å². The first-order chi connectivity index (χ1) is 8.24. The van der Waals surface area contributed by atoms with Gasteiger partial charge in [0.05, 0.1) is 0 Å². The van der Waals surface area contributed by atoms with E-state index in [9.17, 15) is 4.79 Å². The van der Waals surface area contributed by atoms with Gasteiger partial charge in [-0.1, -0.05) is 0 Å². The molecule has 1 aliphatic carbocycles. The van der Waals surface area contributed by atoms with Crippen LogP contribution in [0.2, 0.25) is 0 Å². The SMILES string of the molecule is CN(CCCN)C(=O)c1cccn1C1CCC1. The molecule has 0 atom stereocenters. The monoisotopic (exact) mass is 235 g/mol. The fraction of sp³-hybridized carbons (Fsp3) is 0.615. The van der Waals surface area contributed by atoms with E-state index in [4.69, 9.17) is 5.73 Å². The average Bonchev–Trinajstić information content (AvgIpc) is 2.71. The van der Waals surface area contributed by atoms with Gasteiger partial charge in [-0.05, 0) is 44.4 Å². The summed E-state index contributed by atoms with van der Waals surface area (Å²) in [4.78, 5) is 14.0. The molecule has 1 aromatic heterocycles. The van der Waals surface area contributed by atoms with Gasteiger partial charge in [-0.2, -0.15) is 0 Å². The Morgan fingerprint density at radius 3 is 2.94 bits per heavy atom. The lowest BCUT2D eigenvalue weighted by atomic mass is 9.93. The van der Waals surface area contributed by atoms with Gasteiger partial charge in [-0.25, -0.2) is 0 Å². The summed E-state index contributed by atoms with van der Waals surface area (Å²) in [5, 5.41) is 0. The molecule has 2 N–H and O–H groups in total. The van der Waals surface area contributed by atoms with E-state index in [-0.39, 0.29) is 5.91 Å². The third-order valence-electron chi connectivity index (χ3n) is 3.51. The summed E-state index contributed by atoms with van der Waals surface area (Å²) < 4.78 is 2.13. The second-order valence-electron chi connectivity index (χ2n) is 4.75. The summed E-state index contributed by atoms with van der Waals surface area (Å²) in [6.07, 6.45) is 6.54. The molecular formula is C13H21N3O. The van der Waals surface area contributed by atoms with Gasteiger partial charge in [0.15, 0.2) is 0 Å². The van der Waals surface area contributed by atoms with E-state index in [2.05, 4.69) is 4.57 Å². The van der Waals surface area contributed by atoms with E-state index in [1.54, 1.807) is 4.90 Å². The first kappa shape index (κ1) is 12.2. The number of nitrogens with zero attached hydrogens (tertiary/aromatic N) is 2. The lowest BCUT2D eigenvalue weighted by molar-refractivity contribution is 0.0777. The molecule has 17 heavy (non-hydrogen) atoms. The van der Waals surface area contributed by atoms with Crippen molar-refractivity contribution >= 4 is 5.91 Å². The van der Waals surface area contributed by atoms with Gasteiger partial charge in [0.25, 0.3) is 5.91 Å². The second-order valence-corrected chi connectivity index (χ2v) is 4.75. The fourth-order valence-corrected chi connectivity index (χ4v) is 2.18. The predicted octanol–water partition coefficient (Wildman–Crippen LogP) is 1.63. The Balaban J connectivity index is 2.05. The molecular weight excluding hydrogens is 214 g/mol. The molecule has 1 fully saturated rings. The highest BCUT2D eigenvalue weighted by Gasteiger charge is 2.24. The molecule has 0 radical (unpaired) electrons. The maximum absolute atomic E-state index is 12.2. The predicted molar refractivity (Wildman–Crippen MR) is 68.0 cm³/mol. The molecule has 0 unspecified atom stereocenters. The van der Waals surface area contributed by atoms with Crippen LogP contribution in [0.4, 0.5) is 0 Å². The number of amides is 1. The third-order valence-corrected chi connectivity index (χ3v) is 3.51. The number of rotatable bonds is 5. The lowest BCUT2D eigenvalue weighted by Gasteiger charge is -2.29. The molecule has 1 aliphatic rings. The highest BCUT2D eigenvalue weighted by molar-refractivity contribution is 5.92. The van der Waals surface area contributed by atoms with Crippen molar-refractivity contribution in [2.45, 2.75) is 31.7 Å². The zero-order valence-corrected chi connectivity index (χ0v) is 10.4. The van der Waals surface area contributed by atoms with Crippen LogP contribution in [0.25, 0.3) is 0 Å². The van der Waals surface area contributed by atoms with Gasteiger partial charge in [0, 0.05) is 25.8 Å². The minimum absolute atomic E-state index is 0.107. The molecule has 0 saturated heterocycles. The molecule has 1 aromatic rings. The Morgan fingerprint density at radius 2 is 2.35 bits per heavy atom. The van der Waals surface area contributed by atoms with Crippen molar-refractivity contribution in [2.24, 2.45) is 5.73 Å². The molecule has 0 aliphatic heterocycles. The molecule has 0 bridgehead atoms. The standard InChI is InChI=1S/C13H21N3O/c1-15(9-4-8-14)13(17)12-7-3-10-16(12)11-5-2-6-11/h3,7,10-11H,2,4-6,8-9,14H2,1H3. The summed E-state index contributed by atoms with van der Waals surface area (Å²) in [6.45, 7) is 1.35. The normalized spacial score (nSPS) is 15.6. The van der Waals surface area contributed by atoms with E-state index in [1.165, 1.54) is 19.3 Å². The van der Waals surface area contributed by atoms with Crippen LogP contribution in [0.1, 0.15) is 42.2 Å². The van der Waals surface area contributed by atoms with Crippen molar-refractivity contribution in [1.29, 1.82) is 0 Å². The van der Waals surface area contributed by atoms with E-state index < -0.39 is 0 Å². The topological polar surface area (TPSA) is 51.3 Å². The van der Waals surface area contributed by atoms with Crippen LogP contribution >= 0.6 is 0 Å². The van der Waals surface area contributed by atoms with Gasteiger partial charge >= 0.3 is 0 Å². The van der Waals surface area contributed by atoms with Gasteiger partial charge in [0.1, 0.15) is 5.69 Å². The number of carbonyl (C=O) groups is 1. The van der Waals surface area contributed by atoms with Gasteiger partial charge in [-0.3, -0.25) is 4.79 Å². The van der Waals surface area contributed by atoms with Crippen molar-refractivity contribution < 1.29 is 4.79 Å². The molecule has 2 rings (SSSR count).